The highest BCUT2D eigenvalue weighted by molar-refractivity contribution is 7.92. The van der Waals surface area contributed by atoms with Gasteiger partial charge in [-0.15, -0.1) is 0 Å². The van der Waals surface area contributed by atoms with E-state index in [-0.39, 0.29) is 29.6 Å². The zero-order valence-electron chi connectivity index (χ0n) is 19.0. The molecule has 2 aromatic rings. The van der Waals surface area contributed by atoms with Gasteiger partial charge in [-0.25, -0.2) is 13.2 Å². The normalized spacial score (nSPS) is 16.9. The third-order valence-corrected chi connectivity index (χ3v) is 7.75. The predicted molar refractivity (Wildman–Crippen MR) is 122 cm³/mol. The number of fused-ring (bicyclic) bond motifs is 2. The second-order valence-corrected chi connectivity index (χ2v) is 10.7. The second kappa shape index (κ2) is 8.97. The van der Waals surface area contributed by atoms with Crippen molar-refractivity contribution >= 4 is 40.1 Å². The molecule has 0 saturated carbocycles. The standard InChI is InChI=1S/C23H24BNO8S/c1-12(2)21(25-22(27)16-6-5-15-10-33-24(29)20(15)13(16)3)23(28)32-9-14-4-7-19-17(8-14)18(26)11-34(19,30)31/h4-8,12,21,29H,9-11H2,1-3H3,(H,25,27)/t21-/m0/s1. The van der Waals surface area contributed by atoms with Crippen LogP contribution in [0.4, 0.5) is 0 Å². The number of sulfone groups is 1. The predicted octanol–water partition coefficient (Wildman–Crippen LogP) is 0.681. The van der Waals surface area contributed by atoms with Gasteiger partial charge in [0.2, 0.25) is 0 Å². The fourth-order valence-corrected chi connectivity index (χ4v) is 5.64. The maximum atomic E-state index is 13.0. The van der Waals surface area contributed by atoms with Crippen LogP contribution in [-0.4, -0.2) is 50.0 Å². The van der Waals surface area contributed by atoms with Gasteiger partial charge in [0.25, 0.3) is 5.91 Å². The molecular weight excluding hydrogens is 461 g/mol. The van der Waals surface area contributed by atoms with Gasteiger partial charge in [0.15, 0.2) is 15.6 Å². The van der Waals surface area contributed by atoms with Crippen LogP contribution in [0, 0.1) is 12.8 Å². The van der Waals surface area contributed by atoms with Crippen molar-refractivity contribution in [3.05, 3.63) is 58.1 Å². The molecule has 178 valence electrons. The lowest BCUT2D eigenvalue weighted by molar-refractivity contribution is -0.148. The Kier molecular flexibility index (Phi) is 6.37. The van der Waals surface area contributed by atoms with Crippen molar-refractivity contribution in [1.82, 2.24) is 5.32 Å². The van der Waals surface area contributed by atoms with Gasteiger partial charge in [0.05, 0.1) is 11.5 Å². The zero-order valence-corrected chi connectivity index (χ0v) is 19.8. The highest BCUT2D eigenvalue weighted by atomic mass is 32.2. The molecule has 0 fully saturated rings. The van der Waals surface area contributed by atoms with Gasteiger partial charge in [-0.05, 0) is 53.2 Å². The van der Waals surface area contributed by atoms with Crippen molar-refractivity contribution in [3.63, 3.8) is 0 Å². The summed E-state index contributed by atoms with van der Waals surface area (Å²) < 4.78 is 34.5. The van der Waals surface area contributed by atoms with Crippen LogP contribution < -0.4 is 10.8 Å². The Morgan fingerprint density at radius 1 is 1.24 bits per heavy atom. The lowest BCUT2D eigenvalue weighted by atomic mass is 9.75. The molecule has 2 aliphatic rings. The molecule has 1 amide bonds. The number of rotatable bonds is 6. The molecule has 9 nitrogen and oxygen atoms in total. The molecular formula is C23H24BNO8S. The molecule has 0 saturated heterocycles. The molecule has 34 heavy (non-hydrogen) atoms. The van der Waals surface area contributed by atoms with Crippen molar-refractivity contribution in [1.29, 1.82) is 0 Å². The number of Topliss-reactive ketones (excluding diaryl/α,β-unsaturated/α-hetero) is 1. The summed E-state index contributed by atoms with van der Waals surface area (Å²) in [5, 5.41) is 12.7. The molecule has 0 bridgehead atoms. The summed E-state index contributed by atoms with van der Waals surface area (Å²) in [6, 6.07) is 6.65. The first-order valence-electron chi connectivity index (χ1n) is 10.8. The Bertz CT molecular complexity index is 1300. The maximum absolute atomic E-state index is 13.0. The average molecular weight is 485 g/mol. The van der Waals surface area contributed by atoms with E-state index in [4.69, 9.17) is 9.39 Å². The van der Waals surface area contributed by atoms with Crippen molar-refractivity contribution in [2.75, 3.05) is 5.75 Å². The van der Waals surface area contributed by atoms with Crippen LogP contribution in [0.25, 0.3) is 0 Å². The Morgan fingerprint density at radius 2 is 1.97 bits per heavy atom. The van der Waals surface area contributed by atoms with Crippen molar-refractivity contribution in [2.45, 2.75) is 44.9 Å². The molecule has 2 aliphatic heterocycles. The highest BCUT2D eigenvalue weighted by Crippen LogP contribution is 2.27. The SMILES string of the molecule is Cc1c(C(=O)N[C@H](C(=O)OCc2ccc3c(c2)C(=O)CS3(=O)=O)C(C)C)ccc2c1B(O)OC2. The van der Waals surface area contributed by atoms with Crippen molar-refractivity contribution in [3.8, 4) is 0 Å². The van der Waals surface area contributed by atoms with Crippen LogP contribution in [-0.2, 0) is 37.2 Å². The van der Waals surface area contributed by atoms with Crippen LogP contribution in [0.5, 0.6) is 0 Å². The summed E-state index contributed by atoms with van der Waals surface area (Å²) in [5.41, 5.74) is 2.83. The van der Waals surface area contributed by atoms with E-state index in [1.54, 1.807) is 32.9 Å². The van der Waals surface area contributed by atoms with Gasteiger partial charge < -0.3 is 19.7 Å². The van der Waals surface area contributed by atoms with Gasteiger partial charge in [-0.1, -0.05) is 26.0 Å². The Morgan fingerprint density at radius 3 is 2.68 bits per heavy atom. The Balaban J connectivity index is 1.46. The number of ketones is 1. The van der Waals surface area contributed by atoms with Crippen LogP contribution in [0.2, 0.25) is 0 Å². The minimum atomic E-state index is -3.61. The minimum Gasteiger partial charge on any atom is -0.459 e. The van der Waals surface area contributed by atoms with Gasteiger partial charge in [0.1, 0.15) is 18.4 Å². The van der Waals surface area contributed by atoms with E-state index in [1.807, 2.05) is 0 Å². The van der Waals surface area contributed by atoms with E-state index in [9.17, 15) is 27.8 Å². The van der Waals surface area contributed by atoms with Gasteiger partial charge in [-0.3, -0.25) is 9.59 Å². The summed E-state index contributed by atoms with van der Waals surface area (Å²) in [5.74, 6) is -2.48. The van der Waals surface area contributed by atoms with E-state index >= 15 is 0 Å². The molecule has 0 unspecified atom stereocenters. The van der Waals surface area contributed by atoms with Crippen LogP contribution in [0.15, 0.2) is 35.2 Å². The number of nitrogens with one attached hydrogen (secondary N) is 1. The fourth-order valence-electron chi connectivity index (χ4n) is 4.20. The molecule has 0 aliphatic carbocycles. The molecule has 0 spiro atoms. The van der Waals surface area contributed by atoms with E-state index in [1.165, 1.54) is 18.2 Å². The Labute approximate surface area is 197 Å². The van der Waals surface area contributed by atoms with Crippen molar-refractivity contribution < 1.29 is 37.2 Å². The molecule has 0 aromatic heterocycles. The molecule has 4 rings (SSSR count). The summed E-state index contributed by atoms with van der Waals surface area (Å²) in [6.45, 7) is 5.32. The zero-order chi connectivity index (χ0) is 24.8. The van der Waals surface area contributed by atoms with E-state index < -0.39 is 46.4 Å². The van der Waals surface area contributed by atoms with E-state index in [2.05, 4.69) is 5.32 Å². The monoisotopic (exact) mass is 485 g/mol. The summed E-state index contributed by atoms with van der Waals surface area (Å²) in [4.78, 5) is 37.7. The summed E-state index contributed by atoms with van der Waals surface area (Å²) >= 11 is 0. The highest BCUT2D eigenvalue weighted by Gasteiger charge is 2.34. The van der Waals surface area contributed by atoms with Crippen LogP contribution in [0.1, 0.15) is 51.3 Å². The number of benzene rings is 2. The number of amides is 1. The second-order valence-electron chi connectivity index (χ2n) is 8.79. The molecule has 2 aromatic carbocycles. The van der Waals surface area contributed by atoms with Gasteiger partial charge >= 0.3 is 13.1 Å². The maximum Gasteiger partial charge on any atom is 0.492 e. The van der Waals surface area contributed by atoms with E-state index in [0.29, 0.717) is 22.2 Å². The lowest BCUT2D eigenvalue weighted by Gasteiger charge is -2.22. The number of esters is 1. The van der Waals surface area contributed by atoms with Crippen LogP contribution >= 0.6 is 0 Å². The first-order chi connectivity index (χ1) is 16.0. The molecule has 2 N–H and O–H groups in total. The third-order valence-electron chi connectivity index (χ3n) is 6.08. The minimum absolute atomic E-state index is 0.0138. The van der Waals surface area contributed by atoms with Gasteiger partial charge in [-0.2, -0.15) is 0 Å². The lowest BCUT2D eigenvalue weighted by Crippen LogP contribution is -2.46. The van der Waals surface area contributed by atoms with E-state index in [0.717, 1.165) is 5.56 Å². The number of carbonyl (C=O) groups is 3. The summed E-state index contributed by atoms with van der Waals surface area (Å²) in [7, 11) is -4.70. The fraction of sp³-hybridized carbons (Fsp3) is 0.348. The molecule has 11 heteroatoms. The number of carbonyl (C=O) groups excluding carboxylic acids is 3. The molecule has 0 radical (unpaired) electrons. The van der Waals surface area contributed by atoms with Crippen LogP contribution in [0.3, 0.4) is 0 Å². The van der Waals surface area contributed by atoms with Gasteiger partial charge in [0, 0.05) is 11.1 Å². The Hall–Kier alpha value is -3.02. The van der Waals surface area contributed by atoms with Crippen molar-refractivity contribution in [2.24, 2.45) is 5.92 Å². The number of hydrogen-bond donors (Lipinski definition) is 2. The number of hydrogen-bond acceptors (Lipinski definition) is 8. The quantitative estimate of drug-likeness (QED) is 0.451. The first kappa shape index (κ1) is 24.1. The summed E-state index contributed by atoms with van der Waals surface area (Å²) in [6.07, 6.45) is 0. The molecule has 1 atom stereocenters. The number of ether oxygens (including phenoxy) is 1. The average Bonchev–Trinajstić information content (AvgIpc) is 3.26. The topological polar surface area (TPSA) is 136 Å². The largest absolute Gasteiger partial charge is 0.492 e. The molecule has 2 heterocycles. The third kappa shape index (κ3) is 4.38. The smallest absolute Gasteiger partial charge is 0.459 e. The first-order valence-corrected chi connectivity index (χ1v) is 12.4.